The van der Waals surface area contributed by atoms with Crippen LogP contribution in [0, 0.1) is 5.92 Å². The molecular formula is C14H20ClN3O2. The molecule has 1 aromatic rings. The number of nitrogens with two attached hydrogens (primary N) is 1. The summed E-state index contributed by atoms with van der Waals surface area (Å²) >= 11 is 5.92. The van der Waals surface area contributed by atoms with Crippen molar-refractivity contribution in [2.75, 3.05) is 19.4 Å². The lowest BCUT2D eigenvalue weighted by Gasteiger charge is -2.18. The molecule has 0 saturated heterocycles. The Morgan fingerprint density at radius 1 is 1.30 bits per heavy atom. The molecule has 20 heavy (non-hydrogen) atoms. The molecule has 0 spiro atoms. The first kappa shape index (κ1) is 16.5. The minimum absolute atomic E-state index is 0.00202. The number of nitrogens with one attached hydrogen (secondary N) is 1. The molecular weight excluding hydrogens is 278 g/mol. The topological polar surface area (TPSA) is 75.4 Å². The summed E-state index contributed by atoms with van der Waals surface area (Å²) in [5.41, 5.74) is 6.54. The van der Waals surface area contributed by atoms with Crippen LogP contribution in [0.4, 0.5) is 5.69 Å². The van der Waals surface area contributed by atoms with Crippen LogP contribution in [-0.4, -0.2) is 36.9 Å². The van der Waals surface area contributed by atoms with Gasteiger partial charge in [0.05, 0.1) is 17.3 Å². The van der Waals surface area contributed by atoms with E-state index in [1.807, 2.05) is 13.8 Å². The summed E-state index contributed by atoms with van der Waals surface area (Å²) in [6.45, 7) is 3.71. The predicted molar refractivity (Wildman–Crippen MR) is 80.9 cm³/mol. The third-order valence-corrected chi connectivity index (χ3v) is 3.13. The Hall–Kier alpha value is -1.59. The second-order valence-corrected chi connectivity index (χ2v) is 5.58. The van der Waals surface area contributed by atoms with Gasteiger partial charge in [0.1, 0.15) is 0 Å². The molecule has 1 aromatic carbocycles. The highest BCUT2D eigenvalue weighted by atomic mass is 35.5. The first-order valence-electron chi connectivity index (χ1n) is 6.31. The van der Waals surface area contributed by atoms with Gasteiger partial charge in [0, 0.05) is 19.1 Å². The number of benzene rings is 1. The monoisotopic (exact) mass is 297 g/mol. The van der Waals surface area contributed by atoms with Crippen LogP contribution in [0.5, 0.6) is 0 Å². The average Bonchev–Trinajstić information content (AvgIpc) is 2.36. The summed E-state index contributed by atoms with van der Waals surface area (Å²) in [4.78, 5) is 25.5. The lowest BCUT2D eigenvalue weighted by Crippen LogP contribution is -2.40. The molecule has 0 aromatic heterocycles. The fourth-order valence-corrected chi connectivity index (χ4v) is 1.74. The van der Waals surface area contributed by atoms with Gasteiger partial charge in [-0.15, -0.1) is 0 Å². The van der Waals surface area contributed by atoms with Crippen LogP contribution in [0.2, 0.25) is 5.02 Å². The van der Waals surface area contributed by atoms with E-state index in [1.54, 1.807) is 32.3 Å². The van der Waals surface area contributed by atoms with Crippen LogP contribution >= 0.6 is 11.6 Å². The molecule has 0 saturated carbocycles. The number of rotatable bonds is 4. The van der Waals surface area contributed by atoms with Crippen molar-refractivity contribution in [3.8, 4) is 0 Å². The lowest BCUT2D eigenvalue weighted by molar-refractivity contribution is -0.118. The molecule has 0 aliphatic heterocycles. The smallest absolute Gasteiger partial charge is 0.255 e. The Bertz CT molecular complexity index is 515. The minimum Gasteiger partial charge on any atom is -0.345 e. The van der Waals surface area contributed by atoms with E-state index in [0.29, 0.717) is 16.3 Å². The lowest BCUT2D eigenvalue weighted by atomic mass is 10.0. The van der Waals surface area contributed by atoms with Gasteiger partial charge in [-0.25, -0.2) is 0 Å². The molecule has 110 valence electrons. The van der Waals surface area contributed by atoms with E-state index in [2.05, 4.69) is 5.32 Å². The van der Waals surface area contributed by atoms with Crippen LogP contribution in [0.1, 0.15) is 24.2 Å². The zero-order valence-corrected chi connectivity index (χ0v) is 12.9. The van der Waals surface area contributed by atoms with Crippen molar-refractivity contribution in [2.24, 2.45) is 11.7 Å². The number of carbonyl (C=O) groups is 2. The zero-order chi connectivity index (χ0) is 15.4. The van der Waals surface area contributed by atoms with Crippen molar-refractivity contribution in [1.29, 1.82) is 0 Å². The fraction of sp³-hybridized carbons (Fsp3) is 0.429. The molecule has 0 unspecified atom stereocenters. The van der Waals surface area contributed by atoms with Crippen molar-refractivity contribution >= 4 is 29.1 Å². The van der Waals surface area contributed by atoms with E-state index >= 15 is 0 Å². The van der Waals surface area contributed by atoms with Crippen LogP contribution in [0.3, 0.4) is 0 Å². The molecule has 0 radical (unpaired) electrons. The summed E-state index contributed by atoms with van der Waals surface area (Å²) in [5, 5.41) is 3.11. The Balaban J connectivity index is 3.07. The highest BCUT2D eigenvalue weighted by Crippen LogP contribution is 2.22. The average molecular weight is 298 g/mol. The number of amides is 2. The van der Waals surface area contributed by atoms with E-state index in [0.717, 1.165) is 0 Å². The molecule has 0 aliphatic rings. The molecule has 1 rings (SSSR count). The van der Waals surface area contributed by atoms with Gasteiger partial charge < -0.3 is 16.0 Å². The zero-order valence-electron chi connectivity index (χ0n) is 12.1. The summed E-state index contributed by atoms with van der Waals surface area (Å²) in [5.74, 6) is -0.549. The Morgan fingerprint density at radius 3 is 2.40 bits per heavy atom. The molecule has 0 fully saturated rings. The molecule has 5 nitrogen and oxygen atoms in total. The third kappa shape index (κ3) is 3.95. The van der Waals surface area contributed by atoms with Crippen molar-refractivity contribution in [3.63, 3.8) is 0 Å². The standard InChI is InChI=1S/C14H20ClN3O2/c1-8(2)12(16)13(19)17-11-7-9(15)5-6-10(11)14(20)18(3)4/h5-8,12H,16H2,1-4H3,(H,17,19)/t12-/m1/s1. The maximum absolute atomic E-state index is 12.1. The first-order chi connectivity index (χ1) is 9.23. The molecule has 0 aliphatic carbocycles. The maximum atomic E-state index is 12.1. The van der Waals surface area contributed by atoms with Gasteiger partial charge in [-0.1, -0.05) is 25.4 Å². The van der Waals surface area contributed by atoms with Crippen LogP contribution < -0.4 is 11.1 Å². The maximum Gasteiger partial charge on any atom is 0.255 e. The van der Waals surface area contributed by atoms with E-state index in [-0.39, 0.29) is 17.7 Å². The quantitative estimate of drug-likeness (QED) is 0.892. The molecule has 6 heteroatoms. The molecule has 1 atom stereocenters. The molecule has 0 heterocycles. The van der Waals surface area contributed by atoms with Gasteiger partial charge >= 0.3 is 0 Å². The number of carbonyl (C=O) groups excluding carboxylic acids is 2. The van der Waals surface area contributed by atoms with Gasteiger partial charge in [0.2, 0.25) is 5.91 Å². The summed E-state index contributed by atoms with van der Waals surface area (Å²) in [6, 6.07) is 4.09. The molecule has 2 amide bonds. The van der Waals surface area contributed by atoms with Gasteiger partial charge in [-0.2, -0.15) is 0 Å². The summed E-state index contributed by atoms with van der Waals surface area (Å²) in [7, 11) is 3.28. The van der Waals surface area contributed by atoms with Gasteiger partial charge in [0.15, 0.2) is 0 Å². The van der Waals surface area contributed by atoms with Crippen LogP contribution in [0.15, 0.2) is 18.2 Å². The second kappa shape index (κ2) is 6.72. The Kier molecular flexibility index (Phi) is 5.53. The molecule has 3 N–H and O–H groups in total. The molecule has 0 bridgehead atoms. The van der Waals surface area contributed by atoms with Crippen LogP contribution in [-0.2, 0) is 4.79 Å². The van der Waals surface area contributed by atoms with Crippen molar-refractivity contribution in [3.05, 3.63) is 28.8 Å². The second-order valence-electron chi connectivity index (χ2n) is 5.15. The van der Waals surface area contributed by atoms with Crippen LogP contribution in [0.25, 0.3) is 0 Å². The minimum atomic E-state index is -0.642. The fourth-order valence-electron chi connectivity index (χ4n) is 1.57. The highest BCUT2D eigenvalue weighted by Gasteiger charge is 2.20. The predicted octanol–water partition coefficient (Wildman–Crippen LogP) is 1.96. The van der Waals surface area contributed by atoms with Gasteiger partial charge in [-0.05, 0) is 24.1 Å². The van der Waals surface area contributed by atoms with E-state index in [4.69, 9.17) is 17.3 Å². The number of hydrogen-bond acceptors (Lipinski definition) is 3. The Morgan fingerprint density at radius 2 is 1.90 bits per heavy atom. The largest absolute Gasteiger partial charge is 0.345 e. The van der Waals surface area contributed by atoms with Crippen molar-refractivity contribution < 1.29 is 9.59 Å². The SMILES string of the molecule is CC(C)[C@@H](N)C(=O)Nc1cc(Cl)ccc1C(=O)N(C)C. The van der Waals surface area contributed by atoms with E-state index in [9.17, 15) is 9.59 Å². The van der Waals surface area contributed by atoms with Gasteiger partial charge in [-0.3, -0.25) is 9.59 Å². The number of halogens is 1. The summed E-state index contributed by atoms with van der Waals surface area (Å²) < 4.78 is 0. The van der Waals surface area contributed by atoms with Gasteiger partial charge in [0.25, 0.3) is 5.91 Å². The number of hydrogen-bond donors (Lipinski definition) is 2. The highest BCUT2D eigenvalue weighted by molar-refractivity contribution is 6.31. The van der Waals surface area contributed by atoms with E-state index in [1.165, 1.54) is 4.90 Å². The number of nitrogens with zero attached hydrogens (tertiary/aromatic N) is 1. The normalized spacial score (nSPS) is 12.2. The first-order valence-corrected chi connectivity index (χ1v) is 6.69. The number of anilines is 1. The van der Waals surface area contributed by atoms with Crippen molar-refractivity contribution in [1.82, 2.24) is 4.90 Å². The van der Waals surface area contributed by atoms with E-state index < -0.39 is 6.04 Å². The summed E-state index contributed by atoms with van der Waals surface area (Å²) in [6.07, 6.45) is 0. The third-order valence-electron chi connectivity index (χ3n) is 2.90. The van der Waals surface area contributed by atoms with Crippen molar-refractivity contribution in [2.45, 2.75) is 19.9 Å². The Labute approximate surface area is 124 Å².